The minimum Gasteiger partial charge on any atom is -0.497 e. The summed E-state index contributed by atoms with van der Waals surface area (Å²) in [7, 11) is 3.25. The predicted octanol–water partition coefficient (Wildman–Crippen LogP) is 3.09. The maximum Gasteiger partial charge on any atom is 0.124 e. The summed E-state index contributed by atoms with van der Waals surface area (Å²) in [5, 5.41) is 0. The molecule has 1 unspecified atom stereocenters. The molecule has 0 spiro atoms. The van der Waals surface area contributed by atoms with E-state index in [1.54, 1.807) is 14.2 Å². The Morgan fingerprint density at radius 3 is 2.48 bits per heavy atom. The fourth-order valence-corrected chi connectivity index (χ4v) is 2.11. The van der Waals surface area contributed by atoms with Crippen LogP contribution in [0.3, 0.4) is 0 Å². The Kier molecular flexibility index (Phi) is 5.06. The van der Waals surface area contributed by atoms with Crippen LogP contribution >= 0.6 is 0 Å². The summed E-state index contributed by atoms with van der Waals surface area (Å²) >= 11 is 0. The van der Waals surface area contributed by atoms with E-state index in [9.17, 15) is 0 Å². The first-order valence-corrected chi connectivity index (χ1v) is 6.81. The molecule has 0 radical (unpaired) electrons. The van der Waals surface area contributed by atoms with Crippen LogP contribution in [0.15, 0.2) is 42.5 Å². The van der Waals surface area contributed by atoms with Gasteiger partial charge in [-0.3, -0.25) is 0 Å². The van der Waals surface area contributed by atoms with Gasteiger partial charge in [-0.2, -0.15) is 0 Å². The third-order valence-corrected chi connectivity index (χ3v) is 3.26. The van der Waals surface area contributed by atoms with Crippen LogP contribution in [0.25, 0.3) is 0 Å². The van der Waals surface area contributed by atoms with Crippen LogP contribution in [-0.4, -0.2) is 20.8 Å². The van der Waals surface area contributed by atoms with Crippen LogP contribution in [0, 0.1) is 6.92 Å². The van der Waals surface area contributed by atoms with Crippen LogP contribution in [0.2, 0.25) is 0 Å². The van der Waals surface area contributed by atoms with Crippen molar-refractivity contribution in [3.8, 4) is 17.2 Å². The average Bonchev–Trinajstić information content (AvgIpc) is 2.52. The maximum atomic E-state index is 6.22. The van der Waals surface area contributed by atoms with Gasteiger partial charge in [0.05, 0.1) is 20.3 Å². The molecule has 0 aliphatic heterocycles. The molecule has 0 saturated heterocycles. The lowest BCUT2D eigenvalue weighted by atomic mass is 10.1. The first kappa shape index (κ1) is 15.2. The molecule has 0 aromatic heterocycles. The summed E-state index contributed by atoms with van der Waals surface area (Å²) in [6.07, 6.45) is 0. The second-order valence-electron chi connectivity index (χ2n) is 4.84. The SMILES string of the molecule is COc1ccc(OC)c(C(N)COc2cccc(C)c2)c1. The van der Waals surface area contributed by atoms with Crippen molar-refractivity contribution >= 4 is 0 Å². The van der Waals surface area contributed by atoms with E-state index in [2.05, 4.69) is 0 Å². The van der Waals surface area contributed by atoms with Crippen molar-refractivity contribution in [2.75, 3.05) is 20.8 Å². The molecular formula is C17H21NO3. The van der Waals surface area contributed by atoms with Gasteiger partial charge in [0.25, 0.3) is 0 Å². The maximum absolute atomic E-state index is 6.22. The van der Waals surface area contributed by atoms with Crippen molar-refractivity contribution in [3.05, 3.63) is 53.6 Å². The van der Waals surface area contributed by atoms with Gasteiger partial charge < -0.3 is 19.9 Å². The molecule has 4 heteroatoms. The number of methoxy groups -OCH3 is 2. The van der Waals surface area contributed by atoms with Gasteiger partial charge in [-0.15, -0.1) is 0 Å². The quantitative estimate of drug-likeness (QED) is 0.887. The predicted molar refractivity (Wildman–Crippen MR) is 83.1 cm³/mol. The smallest absolute Gasteiger partial charge is 0.124 e. The minimum atomic E-state index is -0.296. The number of nitrogens with two attached hydrogens (primary N) is 1. The van der Waals surface area contributed by atoms with Gasteiger partial charge in [0.15, 0.2) is 0 Å². The standard InChI is InChI=1S/C17H21NO3/c1-12-5-4-6-14(9-12)21-11-16(18)15-10-13(19-2)7-8-17(15)20-3/h4-10,16H,11,18H2,1-3H3. The first-order valence-electron chi connectivity index (χ1n) is 6.81. The van der Waals surface area contributed by atoms with Crippen molar-refractivity contribution in [2.24, 2.45) is 5.73 Å². The Balaban J connectivity index is 2.10. The van der Waals surface area contributed by atoms with Crippen molar-refractivity contribution in [2.45, 2.75) is 13.0 Å². The van der Waals surface area contributed by atoms with Crippen LogP contribution in [0.4, 0.5) is 0 Å². The summed E-state index contributed by atoms with van der Waals surface area (Å²) < 4.78 is 16.3. The van der Waals surface area contributed by atoms with Crippen LogP contribution < -0.4 is 19.9 Å². The molecule has 0 amide bonds. The van der Waals surface area contributed by atoms with Crippen LogP contribution in [-0.2, 0) is 0 Å². The Labute approximate surface area is 125 Å². The molecule has 21 heavy (non-hydrogen) atoms. The molecule has 2 aromatic rings. The summed E-state index contributed by atoms with van der Waals surface area (Å²) in [6.45, 7) is 2.39. The molecule has 0 heterocycles. The molecular weight excluding hydrogens is 266 g/mol. The lowest BCUT2D eigenvalue weighted by Crippen LogP contribution is -2.19. The molecule has 0 fully saturated rings. The average molecular weight is 287 g/mol. The summed E-state index contributed by atoms with van der Waals surface area (Å²) in [6, 6.07) is 13.2. The number of hydrogen-bond acceptors (Lipinski definition) is 4. The lowest BCUT2D eigenvalue weighted by molar-refractivity contribution is 0.286. The zero-order valence-corrected chi connectivity index (χ0v) is 12.6. The molecule has 2 N–H and O–H groups in total. The highest BCUT2D eigenvalue weighted by molar-refractivity contribution is 5.42. The fourth-order valence-electron chi connectivity index (χ4n) is 2.11. The molecule has 0 bridgehead atoms. The van der Waals surface area contributed by atoms with Crippen molar-refractivity contribution in [1.82, 2.24) is 0 Å². The molecule has 0 saturated carbocycles. The van der Waals surface area contributed by atoms with E-state index in [4.69, 9.17) is 19.9 Å². The Hall–Kier alpha value is -2.20. The lowest BCUT2D eigenvalue weighted by Gasteiger charge is -2.17. The van der Waals surface area contributed by atoms with Gasteiger partial charge >= 0.3 is 0 Å². The van der Waals surface area contributed by atoms with E-state index < -0.39 is 0 Å². The van der Waals surface area contributed by atoms with Crippen molar-refractivity contribution in [3.63, 3.8) is 0 Å². The Bertz CT molecular complexity index is 598. The van der Waals surface area contributed by atoms with Gasteiger partial charge in [-0.25, -0.2) is 0 Å². The Morgan fingerprint density at radius 1 is 1.00 bits per heavy atom. The topological polar surface area (TPSA) is 53.7 Å². The molecule has 112 valence electrons. The monoisotopic (exact) mass is 287 g/mol. The van der Waals surface area contributed by atoms with Gasteiger partial charge in [0.1, 0.15) is 23.9 Å². The third kappa shape index (κ3) is 3.89. The van der Waals surface area contributed by atoms with E-state index in [1.165, 1.54) is 0 Å². The molecule has 2 aromatic carbocycles. The molecule has 1 atom stereocenters. The van der Waals surface area contributed by atoms with Gasteiger partial charge in [0.2, 0.25) is 0 Å². The normalized spacial score (nSPS) is 11.8. The minimum absolute atomic E-state index is 0.296. The summed E-state index contributed by atoms with van der Waals surface area (Å²) in [5.41, 5.74) is 8.24. The molecule has 0 aliphatic rings. The first-order chi connectivity index (χ1) is 10.1. The number of aryl methyl sites for hydroxylation is 1. The van der Waals surface area contributed by atoms with E-state index >= 15 is 0 Å². The molecule has 0 aliphatic carbocycles. The fraction of sp³-hybridized carbons (Fsp3) is 0.294. The van der Waals surface area contributed by atoms with E-state index in [0.717, 1.165) is 28.4 Å². The highest BCUT2D eigenvalue weighted by Gasteiger charge is 2.14. The van der Waals surface area contributed by atoms with Gasteiger partial charge in [-0.05, 0) is 42.8 Å². The van der Waals surface area contributed by atoms with Crippen molar-refractivity contribution in [1.29, 1.82) is 0 Å². The number of benzene rings is 2. The van der Waals surface area contributed by atoms with Crippen molar-refractivity contribution < 1.29 is 14.2 Å². The van der Waals surface area contributed by atoms with Crippen LogP contribution in [0.5, 0.6) is 17.2 Å². The number of ether oxygens (including phenoxy) is 3. The second kappa shape index (κ2) is 6.99. The molecule has 2 rings (SSSR count). The van der Waals surface area contributed by atoms with E-state index in [0.29, 0.717) is 6.61 Å². The number of rotatable bonds is 6. The third-order valence-electron chi connectivity index (χ3n) is 3.26. The largest absolute Gasteiger partial charge is 0.497 e. The second-order valence-corrected chi connectivity index (χ2v) is 4.84. The van der Waals surface area contributed by atoms with E-state index in [-0.39, 0.29) is 6.04 Å². The molecule has 4 nitrogen and oxygen atoms in total. The highest BCUT2D eigenvalue weighted by Crippen LogP contribution is 2.28. The van der Waals surface area contributed by atoms with Gasteiger partial charge in [-0.1, -0.05) is 12.1 Å². The Morgan fingerprint density at radius 2 is 1.81 bits per heavy atom. The van der Waals surface area contributed by atoms with E-state index in [1.807, 2.05) is 49.4 Å². The number of hydrogen-bond donors (Lipinski definition) is 1. The highest BCUT2D eigenvalue weighted by atomic mass is 16.5. The summed E-state index contributed by atoms with van der Waals surface area (Å²) in [4.78, 5) is 0. The zero-order valence-electron chi connectivity index (χ0n) is 12.6. The zero-order chi connectivity index (χ0) is 15.2. The van der Waals surface area contributed by atoms with Crippen LogP contribution in [0.1, 0.15) is 17.2 Å². The summed E-state index contributed by atoms with van der Waals surface area (Å²) in [5.74, 6) is 2.29. The van der Waals surface area contributed by atoms with Gasteiger partial charge in [0, 0.05) is 5.56 Å².